The van der Waals surface area contributed by atoms with Crippen LogP contribution in [0.25, 0.3) is 0 Å². The second-order valence-corrected chi connectivity index (χ2v) is 12.5. The van der Waals surface area contributed by atoms with Crippen LogP contribution in [-0.4, -0.2) is 73.2 Å². The van der Waals surface area contributed by atoms with Crippen LogP contribution in [0.3, 0.4) is 0 Å². The van der Waals surface area contributed by atoms with Crippen molar-refractivity contribution in [1.29, 1.82) is 0 Å². The van der Waals surface area contributed by atoms with Crippen LogP contribution < -0.4 is 24.7 Å². The van der Waals surface area contributed by atoms with Gasteiger partial charge in [0, 0.05) is 84.0 Å². The summed E-state index contributed by atoms with van der Waals surface area (Å²) in [5, 5.41) is 3.23. The van der Waals surface area contributed by atoms with Crippen molar-refractivity contribution in [3.63, 3.8) is 0 Å². The molecule has 0 aliphatic rings. The summed E-state index contributed by atoms with van der Waals surface area (Å²) < 4.78 is 28.6. The Morgan fingerprint density at radius 1 is 0.750 bits per heavy atom. The lowest BCUT2D eigenvalue weighted by molar-refractivity contribution is 0.516. The predicted molar refractivity (Wildman–Crippen MR) is 174 cm³/mol. The van der Waals surface area contributed by atoms with E-state index in [0.717, 1.165) is 56.8 Å². The van der Waals surface area contributed by atoms with Crippen LogP contribution in [0, 0.1) is 0 Å². The Kier molecular flexibility index (Phi) is 10.4. The minimum absolute atomic E-state index is 0.0105. The van der Waals surface area contributed by atoms with E-state index in [1.807, 2.05) is 34.3 Å². The number of nitrogens with one attached hydrogen (secondary N) is 2. The molecule has 3 aromatic carbocycles. The minimum atomic E-state index is -3.76. The van der Waals surface area contributed by atoms with Crippen LogP contribution in [0.5, 0.6) is 0 Å². The summed E-state index contributed by atoms with van der Waals surface area (Å²) in [5.41, 5.74) is 7.20. The molecule has 0 spiro atoms. The molecule has 0 aliphatic heterocycles. The van der Waals surface area contributed by atoms with Crippen molar-refractivity contribution in [3.8, 4) is 0 Å². The maximum absolute atomic E-state index is 12.5. The van der Waals surface area contributed by atoms with E-state index in [1.165, 1.54) is 14.1 Å². The summed E-state index contributed by atoms with van der Waals surface area (Å²) in [7, 11) is 7.26. The fraction of sp³-hybridized carbons (Fsp3) is 0.367. The Balaban J connectivity index is 2.20. The van der Waals surface area contributed by atoms with Crippen molar-refractivity contribution in [2.24, 2.45) is 0 Å². The van der Waals surface area contributed by atoms with E-state index in [1.54, 1.807) is 0 Å². The lowest BCUT2D eigenvalue weighted by Gasteiger charge is -2.27. The average molecular weight is 583 g/mol. The van der Waals surface area contributed by atoms with E-state index in [2.05, 4.69) is 99.2 Å². The number of hydrogen-bond donors (Lipinski definition) is 2. The highest BCUT2D eigenvalue weighted by Crippen LogP contribution is 2.39. The first-order valence-electron chi connectivity index (χ1n) is 13.3. The van der Waals surface area contributed by atoms with Gasteiger partial charge >= 0.3 is 10.2 Å². The molecule has 0 unspecified atom stereocenters. The Morgan fingerprint density at radius 3 is 1.60 bits per heavy atom. The van der Waals surface area contributed by atoms with Crippen LogP contribution >= 0.6 is 12.2 Å². The van der Waals surface area contributed by atoms with Crippen LogP contribution in [0.4, 0.5) is 22.7 Å². The number of hydrogen-bond acceptors (Lipinski definition) is 6. The van der Waals surface area contributed by atoms with E-state index >= 15 is 0 Å². The molecule has 0 bridgehead atoms. The molecule has 0 radical (unpaired) electrons. The quantitative estimate of drug-likeness (QED) is 0.245. The van der Waals surface area contributed by atoms with Crippen molar-refractivity contribution in [2.45, 2.75) is 19.8 Å². The molecular weight excluding hydrogens is 541 g/mol. The summed E-state index contributed by atoms with van der Waals surface area (Å²) in [6.45, 7) is 5.91. The van der Waals surface area contributed by atoms with Gasteiger partial charge in [0.15, 0.2) is 5.11 Å². The SMILES string of the molecule is CCN(CC)c1ccc(C(c2ccc(N(C)C)cc2)c2ccc(N(C)C)cc2)c(NC(=S)NS(=O)(=O)N(C)C)c1. The third-order valence-corrected chi connectivity index (χ3v) is 8.67. The highest BCUT2D eigenvalue weighted by molar-refractivity contribution is 7.90. The highest BCUT2D eigenvalue weighted by atomic mass is 32.2. The second kappa shape index (κ2) is 13.3. The van der Waals surface area contributed by atoms with Crippen LogP contribution in [-0.2, 0) is 10.2 Å². The first-order valence-corrected chi connectivity index (χ1v) is 15.2. The molecule has 0 aromatic heterocycles. The van der Waals surface area contributed by atoms with Gasteiger partial charge in [0.1, 0.15) is 0 Å². The summed E-state index contributed by atoms with van der Waals surface area (Å²) in [5.74, 6) is -0.131. The molecule has 3 rings (SSSR count). The van der Waals surface area contributed by atoms with E-state index in [9.17, 15) is 8.42 Å². The fourth-order valence-electron chi connectivity index (χ4n) is 4.53. The zero-order valence-electron chi connectivity index (χ0n) is 24.8. The topological polar surface area (TPSA) is 71.2 Å². The Hall–Kier alpha value is -3.34. The van der Waals surface area contributed by atoms with Gasteiger partial charge in [-0.05, 0) is 79.2 Å². The summed E-state index contributed by atoms with van der Waals surface area (Å²) in [4.78, 5) is 6.40. The number of thiocarbonyl (C=S) groups is 1. The molecule has 40 heavy (non-hydrogen) atoms. The number of benzene rings is 3. The van der Waals surface area contributed by atoms with Crippen molar-refractivity contribution >= 4 is 50.3 Å². The normalized spacial score (nSPS) is 11.4. The van der Waals surface area contributed by atoms with Crippen molar-refractivity contribution in [2.75, 3.05) is 75.4 Å². The summed E-state index contributed by atoms with van der Waals surface area (Å²) in [6, 6.07) is 23.3. The molecule has 216 valence electrons. The highest BCUT2D eigenvalue weighted by Gasteiger charge is 2.23. The molecule has 10 heteroatoms. The van der Waals surface area contributed by atoms with Gasteiger partial charge in [-0.3, -0.25) is 0 Å². The largest absolute Gasteiger partial charge is 0.378 e. The number of anilines is 4. The van der Waals surface area contributed by atoms with Gasteiger partial charge in [0.25, 0.3) is 0 Å². The second-order valence-electron chi connectivity index (χ2n) is 10.2. The van der Waals surface area contributed by atoms with Gasteiger partial charge in [-0.15, -0.1) is 0 Å². The van der Waals surface area contributed by atoms with Crippen LogP contribution in [0.1, 0.15) is 36.5 Å². The third kappa shape index (κ3) is 7.44. The van der Waals surface area contributed by atoms with Gasteiger partial charge < -0.3 is 20.0 Å². The molecule has 0 atom stereocenters. The van der Waals surface area contributed by atoms with Gasteiger partial charge in [0.2, 0.25) is 0 Å². The lowest BCUT2D eigenvalue weighted by Crippen LogP contribution is -2.41. The molecule has 0 heterocycles. The van der Waals surface area contributed by atoms with Gasteiger partial charge in [0.05, 0.1) is 0 Å². The van der Waals surface area contributed by atoms with Crippen LogP contribution in [0.15, 0.2) is 66.7 Å². The Bertz CT molecular complexity index is 1330. The monoisotopic (exact) mass is 582 g/mol. The smallest absolute Gasteiger partial charge is 0.302 e. The first-order chi connectivity index (χ1) is 18.9. The first kappa shape index (κ1) is 31.2. The van der Waals surface area contributed by atoms with Gasteiger partial charge in [-0.2, -0.15) is 12.7 Å². The third-order valence-electron chi connectivity index (χ3n) is 6.91. The van der Waals surface area contributed by atoms with Crippen molar-refractivity contribution in [3.05, 3.63) is 83.4 Å². The molecule has 0 saturated heterocycles. The van der Waals surface area contributed by atoms with Crippen molar-refractivity contribution in [1.82, 2.24) is 9.03 Å². The Labute approximate surface area is 245 Å². The summed E-state index contributed by atoms with van der Waals surface area (Å²) in [6.07, 6.45) is 0. The minimum Gasteiger partial charge on any atom is -0.378 e. The van der Waals surface area contributed by atoms with Crippen LogP contribution in [0.2, 0.25) is 0 Å². The molecule has 0 fully saturated rings. The van der Waals surface area contributed by atoms with Gasteiger partial charge in [-0.25, -0.2) is 4.72 Å². The van der Waals surface area contributed by atoms with Crippen molar-refractivity contribution < 1.29 is 8.42 Å². The van der Waals surface area contributed by atoms with Gasteiger partial charge in [-0.1, -0.05) is 30.3 Å². The molecule has 3 aromatic rings. The van der Waals surface area contributed by atoms with E-state index in [4.69, 9.17) is 12.2 Å². The molecule has 2 N–H and O–H groups in total. The maximum atomic E-state index is 12.5. The maximum Gasteiger partial charge on any atom is 0.302 e. The molecule has 8 nitrogen and oxygen atoms in total. The predicted octanol–water partition coefficient (Wildman–Crippen LogP) is 4.94. The zero-order chi connectivity index (χ0) is 29.6. The zero-order valence-corrected chi connectivity index (χ0v) is 26.4. The summed E-state index contributed by atoms with van der Waals surface area (Å²) >= 11 is 5.49. The van der Waals surface area contributed by atoms with E-state index < -0.39 is 10.2 Å². The molecule has 0 saturated carbocycles. The standard InChI is InChI=1S/C30H42N6O2S2/c1-9-36(10-2)26-19-20-27(28(21-26)31-30(39)32-40(37,38)35(7)8)29(22-11-15-24(16-12-22)33(3)4)23-13-17-25(18-14-23)34(5)6/h11-21,29H,9-10H2,1-8H3,(H2,31,32,39). The molecular formula is C30H42N6O2S2. The molecule has 0 amide bonds. The van der Waals surface area contributed by atoms with E-state index in [0.29, 0.717) is 0 Å². The Morgan fingerprint density at radius 2 is 1.20 bits per heavy atom. The number of rotatable bonds is 11. The van der Waals surface area contributed by atoms with E-state index in [-0.39, 0.29) is 11.0 Å². The fourth-order valence-corrected chi connectivity index (χ4v) is 5.42. The average Bonchev–Trinajstić information content (AvgIpc) is 2.90. The lowest BCUT2D eigenvalue weighted by atomic mass is 9.83. The number of nitrogens with zero attached hydrogens (tertiary/aromatic N) is 4. The molecule has 0 aliphatic carbocycles.